The van der Waals surface area contributed by atoms with Crippen LogP contribution >= 0.6 is 38.5 Å². The number of carboxylic acid groups (broad SMARTS) is 1. The number of rotatable bonds is 0. The monoisotopic (exact) mass is 385 g/mol. The molecule has 7 heteroatoms. The predicted octanol–water partition coefficient (Wildman–Crippen LogP) is 2.30. The van der Waals surface area contributed by atoms with Crippen LogP contribution in [0.3, 0.4) is 0 Å². The molecule has 0 saturated carbocycles. The van der Waals surface area contributed by atoms with Crippen LogP contribution in [0.4, 0.5) is 4.79 Å². The zero-order valence-electron chi connectivity index (χ0n) is 7.94. The van der Waals surface area contributed by atoms with Crippen molar-refractivity contribution in [3.05, 3.63) is 13.9 Å². The minimum atomic E-state index is -0.873. The summed E-state index contributed by atoms with van der Waals surface area (Å²) in [4.78, 5) is 12.4. The van der Waals surface area contributed by atoms with Gasteiger partial charge in [0.25, 0.3) is 0 Å². The van der Waals surface area contributed by atoms with E-state index in [0.717, 1.165) is 13.9 Å². The zero-order chi connectivity index (χ0) is 11.2. The van der Waals surface area contributed by atoms with Crippen LogP contribution in [0.25, 0.3) is 0 Å². The van der Waals surface area contributed by atoms with E-state index in [1.807, 2.05) is 11.6 Å². The van der Waals surface area contributed by atoms with Gasteiger partial charge in [-0.1, -0.05) is 0 Å². The maximum atomic E-state index is 11.0. The Morgan fingerprint density at radius 1 is 1.67 bits per heavy atom. The lowest BCUT2D eigenvalue weighted by Crippen LogP contribution is -2.40. The highest BCUT2D eigenvalue weighted by molar-refractivity contribution is 14.1. The number of hydrogen-bond acceptors (Lipinski definition) is 2. The number of carbonyl (C=O) groups is 1. The van der Waals surface area contributed by atoms with E-state index in [1.165, 1.54) is 4.90 Å². The van der Waals surface area contributed by atoms with Gasteiger partial charge in [0.15, 0.2) is 0 Å². The average Bonchev–Trinajstić information content (AvgIpc) is 2.43. The summed E-state index contributed by atoms with van der Waals surface area (Å²) in [7, 11) is 0. The Morgan fingerprint density at radius 3 is 2.93 bits per heavy atom. The van der Waals surface area contributed by atoms with Gasteiger partial charge in [-0.2, -0.15) is 5.10 Å². The molecule has 1 aromatic heterocycles. The first kappa shape index (κ1) is 11.2. The molecule has 15 heavy (non-hydrogen) atoms. The summed E-state index contributed by atoms with van der Waals surface area (Å²) in [6.07, 6.45) is -0.873. The fraction of sp³-hybridized carbons (Fsp3) is 0.500. The maximum Gasteiger partial charge on any atom is 0.407 e. The van der Waals surface area contributed by atoms with Crippen LogP contribution < -0.4 is 0 Å². The highest BCUT2D eigenvalue weighted by atomic mass is 127. The molecule has 0 radical (unpaired) electrons. The second kappa shape index (κ2) is 3.93. The van der Waals surface area contributed by atoms with Gasteiger partial charge < -0.3 is 5.11 Å². The summed E-state index contributed by atoms with van der Waals surface area (Å²) in [5.41, 5.74) is 0.969. The van der Waals surface area contributed by atoms with Crippen molar-refractivity contribution in [2.75, 3.05) is 6.54 Å². The summed E-state index contributed by atoms with van der Waals surface area (Å²) < 4.78 is 3.65. The van der Waals surface area contributed by atoms with Crippen molar-refractivity contribution in [2.24, 2.45) is 0 Å². The highest BCUT2D eigenvalue weighted by Gasteiger charge is 2.31. The van der Waals surface area contributed by atoms with Gasteiger partial charge in [0, 0.05) is 6.54 Å². The van der Waals surface area contributed by atoms with Crippen LogP contribution in [0.5, 0.6) is 0 Å². The topological polar surface area (TPSA) is 58.4 Å². The quantitative estimate of drug-likeness (QED) is 0.697. The first-order chi connectivity index (χ1) is 7.02. The molecular formula is C8H9BrIN3O2. The van der Waals surface area contributed by atoms with Crippen LogP contribution in [0.2, 0.25) is 0 Å². The zero-order valence-corrected chi connectivity index (χ0v) is 11.7. The Labute approximate surface area is 109 Å². The van der Waals surface area contributed by atoms with Gasteiger partial charge in [0.2, 0.25) is 0 Å². The normalized spacial score (nSPS) is 20.2. The summed E-state index contributed by atoms with van der Waals surface area (Å²) in [5, 5.41) is 13.3. The highest BCUT2D eigenvalue weighted by Crippen LogP contribution is 2.32. The molecule has 0 aromatic carbocycles. The van der Waals surface area contributed by atoms with Gasteiger partial charge in [0.1, 0.15) is 4.60 Å². The van der Waals surface area contributed by atoms with Gasteiger partial charge in [-0.05, 0) is 45.4 Å². The van der Waals surface area contributed by atoms with Crippen LogP contribution in [0.15, 0.2) is 4.60 Å². The summed E-state index contributed by atoms with van der Waals surface area (Å²) in [5.74, 6) is 0. The molecule has 2 rings (SSSR count). The van der Waals surface area contributed by atoms with Gasteiger partial charge in [-0.3, -0.25) is 9.58 Å². The predicted molar refractivity (Wildman–Crippen MR) is 65.8 cm³/mol. The SMILES string of the molecule is CC1c2c(I)c(Br)nn2CCN1C(=O)O. The fourth-order valence-corrected chi connectivity index (χ4v) is 3.03. The van der Waals surface area contributed by atoms with Crippen molar-refractivity contribution in [1.82, 2.24) is 14.7 Å². The molecule has 1 aliphatic rings. The number of hydrogen-bond donors (Lipinski definition) is 1. The molecule has 1 N–H and O–H groups in total. The molecule has 0 spiro atoms. The molecule has 1 aromatic rings. The molecule has 1 amide bonds. The van der Waals surface area contributed by atoms with E-state index in [-0.39, 0.29) is 6.04 Å². The molecule has 1 unspecified atom stereocenters. The number of halogens is 2. The van der Waals surface area contributed by atoms with E-state index in [4.69, 9.17) is 5.11 Å². The third kappa shape index (κ3) is 1.75. The lowest BCUT2D eigenvalue weighted by atomic mass is 10.2. The third-order valence-corrected chi connectivity index (χ3v) is 4.91. The van der Waals surface area contributed by atoms with E-state index in [1.54, 1.807) is 0 Å². The number of fused-ring (bicyclic) bond motifs is 1. The van der Waals surface area contributed by atoms with Crippen molar-refractivity contribution in [1.29, 1.82) is 0 Å². The lowest BCUT2D eigenvalue weighted by molar-refractivity contribution is 0.112. The van der Waals surface area contributed by atoms with Crippen molar-refractivity contribution in [2.45, 2.75) is 19.5 Å². The minimum Gasteiger partial charge on any atom is -0.465 e. The molecule has 0 fully saturated rings. The van der Waals surface area contributed by atoms with Crippen LogP contribution in [0.1, 0.15) is 18.7 Å². The van der Waals surface area contributed by atoms with Crippen molar-refractivity contribution < 1.29 is 9.90 Å². The minimum absolute atomic E-state index is 0.137. The van der Waals surface area contributed by atoms with Crippen molar-refractivity contribution in [3.63, 3.8) is 0 Å². The van der Waals surface area contributed by atoms with Gasteiger partial charge >= 0.3 is 6.09 Å². The average molecular weight is 386 g/mol. The van der Waals surface area contributed by atoms with Gasteiger partial charge in [-0.25, -0.2) is 4.79 Å². The Morgan fingerprint density at radius 2 is 2.33 bits per heavy atom. The van der Waals surface area contributed by atoms with Crippen molar-refractivity contribution >= 4 is 44.6 Å². The van der Waals surface area contributed by atoms with E-state index in [9.17, 15) is 4.79 Å². The number of amides is 1. The van der Waals surface area contributed by atoms with E-state index < -0.39 is 6.09 Å². The van der Waals surface area contributed by atoms with E-state index in [0.29, 0.717) is 13.1 Å². The molecule has 2 heterocycles. The van der Waals surface area contributed by atoms with Gasteiger partial charge in [-0.15, -0.1) is 0 Å². The second-order valence-corrected chi connectivity index (χ2v) is 5.20. The Kier molecular flexibility index (Phi) is 2.93. The first-order valence-corrected chi connectivity index (χ1v) is 6.30. The van der Waals surface area contributed by atoms with Crippen LogP contribution in [-0.2, 0) is 6.54 Å². The fourth-order valence-electron chi connectivity index (χ4n) is 1.80. The van der Waals surface area contributed by atoms with Crippen LogP contribution in [0, 0.1) is 3.57 Å². The van der Waals surface area contributed by atoms with Crippen LogP contribution in [-0.4, -0.2) is 32.4 Å². The first-order valence-electron chi connectivity index (χ1n) is 4.43. The standard InChI is InChI=1S/C8H9BrIN3O2/c1-4-6-5(10)7(9)11-13(6)3-2-12(4)8(14)15/h4H,2-3H2,1H3,(H,14,15). The third-order valence-electron chi connectivity index (χ3n) is 2.55. The van der Waals surface area contributed by atoms with Crippen molar-refractivity contribution in [3.8, 4) is 0 Å². The second-order valence-electron chi connectivity index (χ2n) is 3.37. The summed E-state index contributed by atoms with van der Waals surface area (Å²) in [6.45, 7) is 3.00. The molecule has 0 bridgehead atoms. The molecular weight excluding hydrogens is 377 g/mol. The lowest BCUT2D eigenvalue weighted by Gasteiger charge is -2.31. The Hall–Kier alpha value is -0.310. The molecule has 5 nitrogen and oxygen atoms in total. The Bertz CT molecular complexity index is 420. The molecule has 0 saturated heterocycles. The van der Waals surface area contributed by atoms with E-state index >= 15 is 0 Å². The van der Waals surface area contributed by atoms with Gasteiger partial charge in [0.05, 0.1) is 21.9 Å². The largest absolute Gasteiger partial charge is 0.465 e. The molecule has 1 aliphatic heterocycles. The molecule has 82 valence electrons. The summed E-state index contributed by atoms with van der Waals surface area (Å²) in [6, 6.07) is -0.137. The molecule has 1 atom stereocenters. The molecule has 0 aliphatic carbocycles. The summed E-state index contributed by atoms with van der Waals surface area (Å²) >= 11 is 5.54. The van der Waals surface area contributed by atoms with E-state index in [2.05, 4.69) is 43.6 Å². The smallest absolute Gasteiger partial charge is 0.407 e. The number of aromatic nitrogens is 2. The number of nitrogens with zero attached hydrogens (tertiary/aromatic N) is 3. The maximum absolute atomic E-state index is 11.0. The Balaban J connectivity index is 2.45.